The Morgan fingerprint density at radius 2 is 2.00 bits per heavy atom. The van der Waals surface area contributed by atoms with Crippen LogP contribution in [0, 0.1) is 0 Å². The Morgan fingerprint density at radius 3 is 2.73 bits per heavy atom. The van der Waals surface area contributed by atoms with Crippen LogP contribution in [-0.4, -0.2) is 36.4 Å². The van der Waals surface area contributed by atoms with Gasteiger partial charge in [0.2, 0.25) is 10.0 Å². The second-order valence-electron chi connectivity index (χ2n) is 7.38. The first kappa shape index (κ1) is 20.4. The van der Waals surface area contributed by atoms with Gasteiger partial charge in [-0.05, 0) is 48.7 Å². The number of anilines is 2. The summed E-state index contributed by atoms with van der Waals surface area (Å²) in [5, 5.41) is 7.78. The molecule has 156 valence electrons. The zero-order valence-corrected chi connectivity index (χ0v) is 18.1. The molecule has 9 heteroatoms. The molecule has 0 spiro atoms. The van der Waals surface area contributed by atoms with Gasteiger partial charge < -0.3 is 5.32 Å². The molecule has 1 unspecified atom stereocenters. The smallest absolute Gasteiger partial charge is 0.256 e. The molecule has 1 aromatic heterocycles. The highest BCUT2D eigenvalue weighted by Crippen LogP contribution is 2.34. The SMILES string of the molecule is CC1Cc2cc(C(=O)Nc3ccnn3Cc3ccccc3Cl)ccc2N1S(C)(=O)=O. The van der Waals surface area contributed by atoms with Crippen molar-refractivity contribution in [3.63, 3.8) is 0 Å². The molecule has 1 aliphatic rings. The van der Waals surface area contributed by atoms with Gasteiger partial charge >= 0.3 is 0 Å². The van der Waals surface area contributed by atoms with Gasteiger partial charge in [0.1, 0.15) is 5.82 Å². The lowest BCUT2D eigenvalue weighted by molar-refractivity contribution is 0.102. The second-order valence-corrected chi connectivity index (χ2v) is 9.64. The van der Waals surface area contributed by atoms with Crippen molar-refractivity contribution < 1.29 is 13.2 Å². The van der Waals surface area contributed by atoms with Crippen LogP contribution in [0.4, 0.5) is 11.5 Å². The highest BCUT2D eigenvalue weighted by Gasteiger charge is 2.32. The summed E-state index contributed by atoms with van der Waals surface area (Å²) in [6, 6.07) is 14.1. The maximum atomic E-state index is 12.8. The highest BCUT2D eigenvalue weighted by atomic mass is 35.5. The van der Waals surface area contributed by atoms with Gasteiger partial charge in [-0.1, -0.05) is 29.8 Å². The minimum Gasteiger partial charge on any atom is -0.307 e. The number of nitrogens with one attached hydrogen (secondary N) is 1. The summed E-state index contributed by atoms with van der Waals surface area (Å²) in [4.78, 5) is 12.8. The summed E-state index contributed by atoms with van der Waals surface area (Å²) in [5.41, 5.74) is 2.82. The molecule has 0 bridgehead atoms. The number of halogens is 1. The van der Waals surface area contributed by atoms with E-state index in [0.717, 1.165) is 11.1 Å². The second kappa shape index (κ2) is 7.77. The van der Waals surface area contributed by atoms with Crippen LogP contribution in [0.3, 0.4) is 0 Å². The summed E-state index contributed by atoms with van der Waals surface area (Å²) in [7, 11) is -3.37. The first-order valence-electron chi connectivity index (χ1n) is 9.43. The third-order valence-corrected chi connectivity index (χ3v) is 6.73. The summed E-state index contributed by atoms with van der Waals surface area (Å²) >= 11 is 6.23. The first-order chi connectivity index (χ1) is 14.2. The average molecular weight is 445 g/mol. The fourth-order valence-electron chi connectivity index (χ4n) is 3.79. The molecule has 0 radical (unpaired) electrons. The predicted molar refractivity (Wildman–Crippen MR) is 118 cm³/mol. The van der Waals surface area contributed by atoms with Crippen LogP contribution in [-0.2, 0) is 23.0 Å². The third kappa shape index (κ3) is 3.93. The summed E-state index contributed by atoms with van der Waals surface area (Å²) in [6.45, 7) is 2.28. The molecule has 0 saturated heterocycles. The first-order valence-corrected chi connectivity index (χ1v) is 11.7. The van der Waals surface area contributed by atoms with E-state index >= 15 is 0 Å². The van der Waals surface area contributed by atoms with E-state index in [1.54, 1.807) is 35.1 Å². The molecule has 3 aromatic rings. The molecular formula is C21H21ClN4O3S. The van der Waals surface area contributed by atoms with Crippen molar-refractivity contribution in [2.24, 2.45) is 0 Å². The van der Waals surface area contributed by atoms with Crippen LogP contribution in [0.15, 0.2) is 54.7 Å². The van der Waals surface area contributed by atoms with Crippen LogP contribution in [0.1, 0.15) is 28.4 Å². The monoisotopic (exact) mass is 444 g/mol. The van der Waals surface area contributed by atoms with E-state index in [1.807, 2.05) is 31.2 Å². The molecular weight excluding hydrogens is 424 g/mol. The van der Waals surface area contributed by atoms with Crippen molar-refractivity contribution in [1.29, 1.82) is 0 Å². The van der Waals surface area contributed by atoms with Crippen LogP contribution in [0.2, 0.25) is 5.02 Å². The Bertz CT molecular complexity index is 1220. The Hall–Kier alpha value is -2.84. The molecule has 0 fully saturated rings. The summed E-state index contributed by atoms with van der Waals surface area (Å²) in [5.74, 6) is 0.260. The van der Waals surface area contributed by atoms with Gasteiger partial charge in [0.15, 0.2) is 0 Å². The molecule has 1 aliphatic heterocycles. The number of amides is 1. The van der Waals surface area contributed by atoms with Crippen molar-refractivity contribution in [1.82, 2.24) is 9.78 Å². The van der Waals surface area contributed by atoms with Crippen LogP contribution >= 0.6 is 11.6 Å². The van der Waals surface area contributed by atoms with Crippen molar-refractivity contribution in [3.8, 4) is 0 Å². The summed E-state index contributed by atoms with van der Waals surface area (Å²) in [6.07, 6.45) is 3.37. The predicted octanol–water partition coefficient (Wildman–Crippen LogP) is 3.55. The van der Waals surface area contributed by atoms with E-state index in [9.17, 15) is 13.2 Å². The average Bonchev–Trinajstić information content (AvgIpc) is 3.25. The fraction of sp³-hybridized carbons (Fsp3) is 0.238. The molecule has 7 nitrogen and oxygen atoms in total. The number of hydrogen-bond acceptors (Lipinski definition) is 4. The minimum atomic E-state index is -3.37. The zero-order chi connectivity index (χ0) is 21.5. The number of rotatable bonds is 5. The molecule has 0 aliphatic carbocycles. The molecule has 1 amide bonds. The largest absolute Gasteiger partial charge is 0.307 e. The van der Waals surface area contributed by atoms with E-state index in [-0.39, 0.29) is 11.9 Å². The Balaban J connectivity index is 1.55. The van der Waals surface area contributed by atoms with E-state index in [2.05, 4.69) is 10.4 Å². The van der Waals surface area contributed by atoms with Gasteiger partial charge in [-0.2, -0.15) is 5.10 Å². The molecule has 30 heavy (non-hydrogen) atoms. The molecule has 2 heterocycles. The molecule has 2 aromatic carbocycles. The molecule has 1 atom stereocenters. The number of fused-ring (bicyclic) bond motifs is 1. The normalized spacial score (nSPS) is 15.8. The zero-order valence-electron chi connectivity index (χ0n) is 16.5. The van der Waals surface area contributed by atoms with Gasteiger partial charge in [0.05, 0.1) is 24.7 Å². The quantitative estimate of drug-likeness (QED) is 0.652. The minimum absolute atomic E-state index is 0.176. The number of hydrogen-bond donors (Lipinski definition) is 1. The molecule has 4 rings (SSSR count). The number of carbonyl (C=O) groups is 1. The maximum absolute atomic E-state index is 12.8. The van der Waals surface area contributed by atoms with Gasteiger partial charge in [0, 0.05) is 22.7 Å². The number of carbonyl (C=O) groups excluding carboxylic acids is 1. The van der Waals surface area contributed by atoms with E-state index < -0.39 is 10.0 Å². The van der Waals surface area contributed by atoms with Crippen molar-refractivity contribution in [2.75, 3.05) is 15.9 Å². The Kier molecular flexibility index (Phi) is 5.29. The summed E-state index contributed by atoms with van der Waals surface area (Å²) < 4.78 is 27.2. The van der Waals surface area contributed by atoms with Crippen LogP contribution < -0.4 is 9.62 Å². The number of aromatic nitrogens is 2. The van der Waals surface area contributed by atoms with Gasteiger partial charge in [0.25, 0.3) is 5.91 Å². The van der Waals surface area contributed by atoms with Crippen LogP contribution in [0.25, 0.3) is 0 Å². The lowest BCUT2D eigenvalue weighted by atomic mass is 10.1. The van der Waals surface area contributed by atoms with Gasteiger partial charge in [-0.25, -0.2) is 13.1 Å². The third-order valence-electron chi connectivity index (χ3n) is 5.09. The standard InChI is InChI=1S/C21H21ClN4O3S/c1-14-11-17-12-15(7-8-19(17)26(14)30(2,28)29)21(27)24-20-9-10-23-25(20)13-16-5-3-4-6-18(16)22/h3-10,12,14H,11,13H2,1-2H3,(H,24,27). The number of nitrogens with zero attached hydrogens (tertiary/aromatic N) is 3. The van der Waals surface area contributed by atoms with E-state index in [0.29, 0.717) is 35.1 Å². The topological polar surface area (TPSA) is 84.3 Å². The van der Waals surface area contributed by atoms with Crippen molar-refractivity contribution in [2.45, 2.75) is 25.9 Å². The highest BCUT2D eigenvalue weighted by molar-refractivity contribution is 7.92. The maximum Gasteiger partial charge on any atom is 0.256 e. The Labute approximate surface area is 180 Å². The molecule has 0 saturated carbocycles. The van der Waals surface area contributed by atoms with Crippen LogP contribution in [0.5, 0.6) is 0 Å². The van der Waals surface area contributed by atoms with E-state index in [4.69, 9.17) is 11.6 Å². The van der Waals surface area contributed by atoms with E-state index in [1.165, 1.54) is 10.6 Å². The number of sulfonamides is 1. The van der Waals surface area contributed by atoms with Crippen molar-refractivity contribution in [3.05, 3.63) is 76.4 Å². The lowest BCUT2D eigenvalue weighted by Gasteiger charge is -2.21. The van der Waals surface area contributed by atoms with Gasteiger partial charge in [-0.15, -0.1) is 0 Å². The number of benzene rings is 2. The van der Waals surface area contributed by atoms with Gasteiger partial charge in [-0.3, -0.25) is 9.10 Å². The Morgan fingerprint density at radius 1 is 1.23 bits per heavy atom. The lowest BCUT2D eigenvalue weighted by Crippen LogP contribution is -2.34. The molecule has 1 N–H and O–H groups in total. The van der Waals surface area contributed by atoms with Crippen molar-refractivity contribution >= 4 is 39.0 Å². The fourth-order valence-corrected chi connectivity index (χ4v) is 5.25.